The third-order valence-electron chi connectivity index (χ3n) is 3.63. The lowest BCUT2D eigenvalue weighted by atomic mass is 10.1. The fourth-order valence-electron chi connectivity index (χ4n) is 2.70. The summed E-state index contributed by atoms with van der Waals surface area (Å²) in [5.41, 5.74) is 7.71. The second kappa shape index (κ2) is 5.35. The van der Waals surface area contributed by atoms with E-state index in [0.29, 0.717) is 29.2 Å². The molecule has 1 aromatic rings. The zero-order valence-electron chi connectivity index (χ0n) is 12.4. The van der Waals surface area contributed by atoms with Crippen molar-refractivity contribution in [1.29, 1.82) is 0 Å². The number of nitrogens with zero attached hydrogens (tertiary/aromatic N) is 1. The predicted molar refractivity (Wildman–Crippen MR) is 79.1 cm³/mol. The molecule has 2 atom stereocenters. The van der Waals surface area contributed by atoms with E-state index in [9.17, 15) is 8.42 Å². The van der Waals surface area contributed by atoms with Gasteiger partial charge in [-0.2, -0.15) is 4.31 Å². The van der Waals surface area contributed by atoms with Gasteiger partial charge >= 0.3 is 0 Å². The van der Waals surface area contributed by atoms with E-state index in [1.54, 1.807) is 26.0 Å². The summed E-state index contributed by atoms with van der Waals surface area (Å²) >= 11 is 0. The Bertz CT molecular complexity index is 603. The highest BCUT2D eigenvalue weighted by atomic mass is 32.2. The molecule has 0 aliphatic carbocycles. The summed E-state index contributed by atoms with van der Waals surface area (Å²) in [5.74, 6) is 0. The van der Waals surface area contributed by atoms with Gasteiger partial charge in [-0.25, -0.2) is 8.42 Å². The molecule has 0 amide bonds. The van der Waals surface area contributed by atoms with Gasteiger partial charge in [0.1, 0.15) is 0 Å². The van der Waals surface area contributed by atoms with Crippen molar-refractivity contribution in [3.8, 4) is 0 Å². The lowest BCUT2D eigenvalue weighted by Gasteiger charge is -2.35. The minimum Gasteiger partial charge on any atom is -0.398 e. The number of nitrogens with two attached hydrogens (primary N) is 1. The van der Waals surface area contributed by atoms with Gasteiger partial charge in [-0.05, 0) is 44.9 Å². The van der Waals surface area contributed by atoms with E-state index in [-0.39, 0.29) is 12.2 Å². The smallest absolute Gasteiger partial charge is 0.243 e. The van der Waals surface area contributed by atoms with Crippen molar-refractivity contribution in [3.05, 3.63) is 23.3 Å². The number of morpholine rings is 1. The van der Waals surface area contributed by atoms with Crippen LogP contribution in [0.3, 0.4) is 0 Å². The van der Waals surface area contributed by atoms with Gasteiger partial charge in [-0.1, -0.05) is 6.07 Å². The third-order valence-corrected chi connectivity index (χ3v) is 5.75. The van der Waals surface area contributed by atoms with Gasteiger partial charge in [0.15, 0.2) is 0 Å². The molecule has 0 bridgehead atoms. The number of hydrogen-bond donors (Lipinski definition) is 1. The third kappa shape index (κ3) is 2.68. The normalized spacial score (nSPS) is 24.8. The van der Waals surface area contributed by atoms with Crippen LogP contribution >= 0.6 is 0 Å². The van der Waals surface area contributed by atoms with Gasteiger partial charge < -0.3 is 10.5 Å². The molecule has 5 nitrogen and oxygen atoms in total. The molecule has 1 aliphatic rings. The summed E-state index contributed by atoms with van der Waals surface area (Å²) < 4.78 is 32.9. The molecular weight excluding hydrogens is 276 g/mol. The lowest BCUT2D eigenvalue weighted by molar-refractivity contribution is -0.0441. The monoisotopic (exact) mass is 298 g/mol. The van der Waals surface area contributed by atoms with E-state index >= 15 is 0 Å². The zero-order valence-corrected chi connectivity index (χ0v) is 13.2. The van der Waals surface area contributed by atoms with Crippen molar-refractivity contribution in [2.45, 2.75) is 44.8 Å². The molecule has 0 radical (unpaired) electrons. The van der Waals surface area contributed by atoms with E-state index in [2.05, 4.69) is 0 Å². The number of anilines is 1. The Morgan fingerprint density at radius 1 is 1.20 bits per heavy atom. The van der Waals surface area contributed by atoms with Crippen LogP contribution in [-0.2, 0) is 14.8 Å². The van der Waals surface area contributed by atoms with Gasteiger partial charge in [-0.15, -0.1) is 0 Å². The quantitative estimate of drug-likeness (QED) is 0.843. The molecule has 1 aliphatic heterocycles. The number of nitrogen functional groups attached to an aromatic ring is 1. The maximum Gasteiger partial charge on any atom is 0.243 e. The van der Waals surface area contributed by atoms with E-state index in [1.807, 2.05) is 13.8 Å². The first-order chi connectivity index (χ1) is 9.23. The average molecular weight is 298 g/mol. The van der Waals surface area contributed by atoms with Crippen molar-refractivity contribution < 1.29 is 13.2 Å². The molecule has 112 valence electrons. The average Bonchev–Trinajstić information content (AvgIpc) is 2.33. The molecular formula is C14H22N2O3S. The van der Waals surface area contributed by atoms with Crippen LogP contribution in [0.1, 0.15) is 25.0 Å². The Labute approximate surface area is 120 Å². The summed E-state index contributed by atoms with van der Waals surface area (Å²) in [6, 6.07) is 3.50. The van der Waals surface area contributed by atoms with Crippen LogP contribution in [0, 0.1) is 13.8 Å². The van der Waals surface area contributed by atoms with E-state index in [1.165, 1.54) is 4.31 Å². The molecule has 2 rings (SSSR count). The summed E-state index contributed by atoms with van der Waals surface area (Å²) in [4.78, 5) is 0.332. The molecule has 20 heavy (non-hydrogen) atoms. The van der Waals surface area contributed by atoms with Gasteiger partial charge in [0.05, 0.1) is 17.1 Å². The fourth-order valence-corrected chi connectivity index (χ4v) is 4.75. The fraction of sp³-hybridized carbons (Fsp3) is 0.571. The molecule has 2 N–H and O–H groups in total. The number of ether oxygens (including phenoxy) is 1. The van der Waals surface area contributed by atoms with Gasteiger partial charge in [0.2, 0.25) is 10.0 Å². The highest BCUT2D eigenvalue weighted by Gasteiger charge is 2.34. The topological polar surface area (TPSA) is 72.6 Å². The number of aryl methyl sites for hydroxylation is 1. The summed E-state index contributed by atoms with van der Waals surface area (Å²) in [6.45, 7) is 8.07. The first kappa shape index (κ1) is 15.3. The van der Waals surface area contributed by atoms with Crippen molar-refractivity contribution in [3.63, 3.8) is 0 Å². The maximum absolute atomic E-state index is 12.9. The Hall–Kier alpha value is -1.11. The molecule has 0 saturated carbocycles. The summed E-state index contributed by atoms with van der Waals surface area (Å²) in [6.07, 6.45) is -0.203. The second-order valence-corrected chi connectivity index (χ2v) is 7.38. The summed E-state index contributed by atoms with van der Waals surface area (Å²) in [5, 5.41) is 0. The standard InChI is InChI=1S/C14H22N2O3S/c1-9-5-6-13(15)12(4)14(9)20(17,18)16-7-10(2)19-11(3)8-16/h5-6,10-11H,7-8,15H2,1-4H3. The van der Waals surface area contributed by atoms with Crippen LogP contribution in [-0.4, -0.2) is 38.0 Å². The number of sulfonamides is 1. The van der Waals surface area contributed by atoms with E-state index < -0.39 is 10.0 Å². The maximum atomic E-state index is 12.9. The molecule has 0 aromatic heterocycles. The van der Waals surface area contributed by atoms with Crippen LogP contribution in [0.15, 0.2) is 17.0 Å². The number of benzene rings is 1. The summed E-state index contributed by atoms with van der Waals surface area (Å²) in [7, 11) is -3.54. The van der Waals surface area contributed by atoms with Crippen LogP contribution < -0.4 is 5.73 Å². The molecule has 1 fully saturated rings. The van der Waals surface area contributed by atoms with Crippen molar-refractivity contribution >= 4 is 15.7 Å². The van der Waals surface area contributed by atoms with Crippen molar-refractivity contribution in [1.82, 2.24) is 4.31 Å². The van der Waals surface area contributed by atoms with Gasteiger partial charge in [-0.3, -0.25) is 0 Å². The molecule has 0 spiro atoms. The Morgan fingerprint density at radius 3 is 2.30 bits per heavy atom. The van der Waals surface area contributed by atoms with Crippen LogP contribution in [0.5, 0.6) is 0 Å². The lowest BCUT2D eigenvalue weighted by Crippen LogP contribution is -2.48. The molecule has 1 saturated heterocycles. The number of hydrogen-bond acceptors (Lipinski definition) is 4. The first-order valence-corrected chi connectivity index (χ1v) is 8.18. The van der Waals surface area contributed by atoms with Crippen LogP contribution in [0.4, 0.5) is 5.69 Å². The Kier molecular flexibility index (Phi) is 4.09. The second-order valence-electron chi connectivity index (χ2n) is 5.51. The Balaban J connectivity index is 2.48. The zero-order chi connectivity index (χ0) is 15.1. The minimum absolute atomic E-state index is 0.102. The van der Waals surface area contributed by atoms with Crippen molar-refractivity contribution in [2.24, 2.45) is 0 Å². The molecule has 6 heteroatoms. The Morgan fingerprint density at radius 2 is 1.75 bits per heavy atom. The van der Waals surface area contributed by atoms with E-state index in [4.69, 9.17) is 10.5 Å². The predicted octanol–water partition coefficient (Wildman–Crippen LogP) is 1.68. The van der Waals surface area contributed by atoms with Crippen LogP contribution in [0.2, 0.25) is 0 Å². The molecule has 2 unspecified atom stereocenters. The van der Waals surface area contributed by atoms with Gasteiger partial charge in [0, 0.05) is 18.8 Å². The largest absolute Gasteiger partial charge is 0.398 e. The van der Waals surface area contributed by atoms with Gasteiger partial charge in [0.25, 0.3) is 0 Å². The van der Waals surface area contributed by atoms with Crippen LogP contribution in [0.25, 0.3) is 0 Å². The first-order valence-electron chi connectivity index (χ1n) is 6.74. The van der Waals surface area contributed by atoms with Crippen molar-refractivity contribution in [2.75, 3.05) is 18.8 Å². The van der Waals surface area contributed by atoms with E-state index in [0.717, 1.165) is 5.56 Å². The SMILES string of the molecule is Cc1ccc(N)c(C)c1S(=O)(=O)N1CC(C)OC(C)C1. The highest BCUT2D eigenvalue weighted by molar-refractivity contribution is 7.89. The molecule has 1 heterocycles. The number of rotatable bonds is 2. The highest BCUT2D eigenvalue weighted by Crippen LogP contribution is 2.29. The molecule has 1 aromatic carbocycles. The minimum atomic E-state index is -3.54.